The summed E-state index contributed by atoms with van der Waals surface area (Å²) < 4.78 is 5.48. The highest BCUT2D eigenvalue weighted by atomic mass is 35.5. The molecule has 1 aliphatic heterocycles. The van der Waals surface area contributed by atoms with Crippen LogP contribution >= 0.6 is 11.6 Å². The lowest BCUT2D eigenvalue weighted by Crippen LogP contribution is -2.33. The molecular formula is C21H30ClN7O. The number of hydrogen-bond acceptors (Lipinski definition) is 8. The molecule has 2 aromatic heterocycles. The Labute approximate surface area is 182 Å². The molecule has 1 aliphatic carbocycles. The van der Waals surface area contributed by atoms with Crippen LogP contribution in [0, 0.1) is 5.92 Å². The number of pyridine rings is 1. The van der Waals surface area contributed by atoms with Gasteiger partial charge in [-0.2, -0.15) is 0 Å². The van der Waals surface area contributed by atoms with Crippen LogP contribution in [-0.2, 0) is 11.2 Å². The molecule has 9 heteroatoms. The Morgan fingerprint density at radius 3 is 2.47 bits per heavy atom. The quantitative estimate of drug-likeness (QED) is 0.566. The first-order chi connectivity index (χ1) is 14.5. The molecule has 0 amide bonds. The van der Waals surface area contributed by atoms with Gasteiger partial charge in [0.2, 0.25) is 0 Å². The van der Waals surface area contributed by atoms with Crippen LogP contribution in [0.2, 0.25) is 5.02 Å². The summed E-state index contributed by atoms with van der Waals surface area (Å²) in [6.07, 6.45) is 8.51. The zero-order chi connectivity index (χ0) is 21.1. The summed E-state index contributed by atoms with van der Waals surface area (Å²) in [5.74, 6) is 1.70. The van der Waals surface area contributed by atoms with Crippen LogP contribution in [0.4, 0.5) is 17.5 Å². The Morgan fingerprint density at radius 1 is 1.03 bits per heavy atom. The van der Waals surface area contributed by atoms with Crippen LogP contribution in [0.5, 0.6) is 0 Å². The van der Waals surface area contributed by atoms with E-state index in [1.807, 2.05) is 6.07 Å². The minimum atomic E-state index is 0.212. The highest BCUT2D eigenvalue weighted by molar-refractivity contribution is 6.33. The van der Waals surface area contributed by atoms with Gasteiger partial charge in [-0.15, -0.1) is 0 Å². The molecule has 4 rings (SSSR count). The summed E-state index contributed by atoms with van der Waals surface area (Å²) >= 11 is 6.53. The summed E-state index contributed by atoms with van der Waals surface area (Å²) in [5, 5.41) is 4.03. The van der Waals surface area contributed by atoms with E-state index in [2.05, 4.69) is 20.3 Å². The van der Waals surface area contributed by atoms with E-state index in [1.54, 1.807) is 6.20 Å². The molecule has 3 heterocycles. The normalized spacial score (nSPS) is 22.7. The largest absolute Gasteiger partial charge is 0.381 e. The predicted octanol–water partition coefficient (Wildman–Crippen LogP) is 3.01. The number of halogens is 1. The molecule has 0 atom stereocenters. The molecule has 2 aromatic rings. The number of aromatic nitrogens is 3. The summed E-state index contributed by atoms with van der Waals surface area (Å²) in [6.45, 7) is 1.54. The van der Waals surface area contributed by atoms with Crippen LogP contribution < -0.4 is 22.5 Å². The molecule has 7 N–H and O–H groups in total. The number of nitrogens with two attached hydrogens (primary N) is 3. The Hall–Kier alpha value is -2.16. The Balaban J connectivity index is 1.62. The molecule has 0 spiro atoms. The number of anilines is 3. The van der Waals surface area contributed by atoms with E-state index in [4.69, 9.17) is 33.5 Å². The monoisotopic (exact) mass is 431 g/mol. The van der Waals surface area contributed by atoms with Gasteiger partial charge in [0.15, 0.2) is 11.6 Å². The van der Waals surface area contributed by atoms with Crippen molar-refractivity contribution in [2.75, 3.05) is 30.0 Å². The van der Waals surface area contributed by atoms with E-state index in [1.165, 1.54) is 0 Å². The zero-order valence-corrected chi connectivity index (χ0v) is 17.9. The maximum Gasteiger partial charge on any atom is 0.166 e. The second-order valence-corrected chi connectivity index (χ2v) is 8.76. The van der Waals surface area contributed by atoms with Crippen LogP contribution in [-0.4, -0.2) is 40.2 Å². The van der Waals surface area contributed by atoms with Crippen molar-refractivity contribution in [3.8, 4) is 11.3 Å². The minimum absolute atomic E-state index is 0.212. The minimum Gasteiger partial charge on any atom is -0.381 e. The van der Waals surface area contributed by atoms with Crippen molar-refractivity contribution in [3.63, 3.8) is 0 Å². The fourth-order valence-corrected chi connectivity index (χ4v) is 4.44. The fraction of sp³-hybridized carbons (Fsp3) is 0.571. The molecule has 0 unspecified atom stereocenters. The summed E-state index contributed by atoms with van der Waals surface area (Å²) in [5.41, 5.74) is 20.3. The average Bonchev–Trinajstić information content (AvgIpc) is 2.74. The van der Waals surface area contributed by atoms with Gasteiger partial charge < -0.3 is 27.3 Å². The SMILES string of the molecule is Nc1nc(CC2CCOCC2)c(-c2cc(NC3CCC(N)CC3)ncc2Cl)nc1N. The van der Waals surface area contributed by atoms with Crippen molar-refractivity contribution in [1.82, 2.24) is 15.0 Å². The highest BCUT2D eigenvalue weighted by Gasteiger charge is 2.23. The topological polar surface area (TPSA) is 138 Å². The third kappa shape index (κ3) is 4.94. The fourth-order valence-electron chi connectivity index (χ4n) is 4.25. The van der Waals surface area contributed by atoms with Gasteiger partial charge in [-0.3, -0.25) is 0 Å². The van der Waals surface area contributed by atoms with Crippen LogP contribution in [0.25, 0.3) is 11.3 Å². The van der Waals surface area contributed by atoms with Gasteiger partial charge in [-0.05, 0) is 56.9 Å². The van der Waals surface area contributed by atoms with Gasteiger partial charge in [-0.25, -0.2) is 15.0 Å². The average molecular weight is 432 g/mol. The maximum absolute atomic E-state index is 6.53. The lowest BCUT2D eigenvalue weighted by Gasteiger charge is -2.27. The summed E-state index contributed by atoms with van der Waals surface area (Å²) in [4.78, 5) is 13.6. The second kappa shape index (κ2) is 9.32. The zero-order valence-electron chi connectivity index (χ0n) is 17.1. The lowest BCUT2D eigenvalue weighted by atomic mass is 9.91. The van der Waals surface area contributed by atoms with E-state index >= 15 is 0 Å². The van der Waals surface area contributed by atoms with Gasteiger partial charge in [0, 0.05) is 37.1 Å². The van der Waals surface area contributed by atoms with Crippen molar-refractivity contribution in [3.05, 3.63) is 23.0 Å². The molecule has 8 nitrogen and oxygen atoms in total. The molecule has 2 fully saturated rings. The van der Waals surface area contributed by atoms with Crippen molar-refractivity contribution in [2.24, 2.45) is 11.7 Å². The molecule has 1 saturated heterocycles. The Morgan fingerprint density at radius 2 is 1.73 bits per heavy atom. The van der Waals surface area contributed by atoms with Gasteiger partial charge in [-0.1, -0.05) is 11.6 Å². The molecular weight excluding hydrogens is 402 g/mol. The molecule has 1 saturated carbocycles. The van der Waals surface area contributed by atoms with E-state index in [0.29, 0.717) is 28.7 Å². The van der Waals surface area contributed by atoms with Gasteiger partial charge >= 0.3 is 0 Å². The van der Waals surface area contributed by atoms with Crippen molar-refractivity contribution in [2.45, 2.75) is 57.0 Å². The third-order valence-corrected chi connectivity index (χ3v) is 6.38. The molecule has 2 aliphatic rings. The molecule has 0 aromatic carbocycles. The van der Waals surface area contributed by atoms with Gasteiger partial charge in [0.1, 0.15) is 5.82 Å². The number of nitrogens with one attached hydrogen (secondary N) is 1. The number of nitrogens with zero attached hydrogens (tertiary/aromatic N) is 3. The van der Waals surface area contributed by atoms with E-state index in [0.717, 1.165) is 75.2 Å². The first kappa shape index (κ1) is 21.1. The van der Waals surface area contributed by atoms with E-state index in [-0.39, 0.29) is 11.6 Å². The molecule has 0 radical (unpaired) electrons. The standard InChI is InChI=1S/C21H30ClN7O/c22-16-11-26-18(27-14-3-1-13(23)2-4-14)10-15(16)19-17(28-20(24)21(25)29-19)9-12-5-7-30-8-6-12/h10-14H,1-9,23H2,(H2,24,28)(H2,25,29)(H,26,27). The highest BCUT2D eigenvalue weighted by Crippen LogP contribution is 2.34. The van der Waals surface area contributed by atoms with Crippen molar-refractivity contribution < 1.29 is 4.74 Å². The van der Waals surface area contributed by atoms with Crippen molar-refractivity contribution in [1.29, 1.82) is 0 Å². The number of hydrogen-bond donors (Lipinski definition) is 4. The van der Waals surface area contributed by atoms with Crippen LogP contribution in [0.15, 0.2) is 12.3 Å². The van der Waals surface area contributed by atoms with Crippen LogP contribution in [0.3, 0.4) is 0 Å². The molecule has 30 heavy (non-hydrogen) atoms. The molecule has 162 valence electrons. The lowest BCUT2D eigenvalue weighted by molar-refractivity contribution is 0.0663. The second-order valence-electron chi connectivity index (χ2n) is 8.35. The maximum atomic E-state index is 6.53. The molecule has 0 bridgehead atoms. The summed E-state index contributed by atoms with van der Waals surface area (Å²) in [6, 6.07) is 2.59. The number of ether oxygens (including phenoxy) is 1. The van der Waals surface area contributed by atoms with Crippen LogP contribution in [0.1, 0.15) is 44.2 Å². The first-order valence-electron chi connectivity index (χ1n) is 10.7. The smallest absolute Gasteiger partial charge is 0.166 e. The van der Waals surface area contributed by atoms with E-state index in [9.17, 15) is 0 Å². The first-order valence-corrected chi connectivity index (χ1v) is 11.0. The number of nitrogen functional groups attached to an aromatic ring is 2. The van der Waals surface area contributed by atoms with Gasteiger partial charge in [0.05, 0.1) is 16.4 Å². The number of rotatable bonds is 5. The summed E-state index contributed by atoms with van der Waals surface area (Å²) in [7, 11) is 0. The van der Waals surface area contributed by atoms with Gasteiger partial charge in [0.25, 0.3) is 0 Å². The van der Waals surface area contributed by atoms with E-state index < -0.39 is 0 Å². The Kier molecular flexibility index (Phi) is 6.55. The predicted molar refractivity (Wildman–Crippen MR) is 120 cm³/mol. The van der Waals surface area contributed by atoms with Crippen molar-refractivity contribution >= 4 is 29.1 Å². The Bertz CT molecular complexity index is 880. The third-order valence-electron chi connectivity index (χ3n) is 6.08.